The molecule has 3 atom stereocenters. The van der Waals surface area contributed by atoms with Gasteiger partial charge in [0.05, 0.1) is 23.2 Å². The smallest absolute Gasteiger partial charge is 0.289 e. The Kier molecular flexibility index (Phi) is 3.59. The van der Waals surface area contributed by atoms with Crippen LogP contribution in [0.4, 0.5) is 4.79 Å². The molecule has 0 aliphatic carbocycles. The molecule has 3 aliphatic rings. The highest BCUT2D eigenvalue weighted by Crippen LogP contribution is 2.44. The van der Waals surface area contributed by atoms with Gasteiger partial charge in [-0.3, -0.25) is 19.3 Å². The van der Waals surface area contributed by atoms with Crippen molar-refractivity contribution in [1.82, 2.24) is 24.4 Å². The number of carbonyl (C=O) groups is 3. The maximum Gasteiger partial charge on any atom is 0.289 e. The Morgan fingerprint density at radius 1 is 1.33 bits per heavy atom. The maximum absolute atomic E-state index is 13.2. The summed E-state index contributed by atoms with van der Waals surface area (Å²) in [6.45, 7) is 3.59. The molecule has 0 N–H and O–H groups in total. The number of hydrogen-bond acceptors (Lipinski definition) is 6. The van der Waals surface area contributed by atoms with Crippen molar-refractivity contribution in [2.24, 2.45) is 0 Å². The second kappa shape index (κ2) is 5.79. The summed E-state index contributed by atoms with van der Waals surface area (Å²) in [6, 6.07) is 1.17. The molecule has 0 radical (unpaired) electrons. The van der Waals surface area contributed by atoms with Gasteiger partial charge >= 0.3 is 0 Å². The topological polar surface area (TPSA) is 87.9 Å². The first-order valence-corrected chi connectivity index (χ1v) is 10.1. The molecule has 2 aromatic rings. The van der Waals surface area contributed by atoms with Gasteiger partial charge in [-0.15, -0.1) is 0 Å². The number of aryl methyl sites for hydroxylation is 1. The van der Waals surface area contributed by atoms with E-state index in [2.05, 4.69) is 10.1 Å². The van der Waals surface area contributed by atoms with Crippen molar-refractivity contribution in [3.8, 4) is 0 Å². The van der Waals surface area contributed by atoms with E-state index in [0.29, 0.717) is 6.42 Å². The van der Waals surface area contributed by atoms with Gasteiger partial charge in [0.25, 0.3) is 5.24 Å². The third-order valence-electron chi connectivity index (χ3n) is 5.81. The standard InChI is InChI=1S/C18H19N5O3S/c1-9-5-15-19-7-12-13-4-3-11(6-14(12)23(15)20-9)22(13)17(25)10(2)21-16(24)8-27-18(21)26/h5,7,10-11,13H,3-4,6,8H2,1-2H3. The van der Waals surface area contributed by atoms with Crippen LogP contribution in [0.15, 0.2) is 12.3 Å². The molecule has 3 amide bonds. The van der Waals surface area contributed by atoms with Gasteiger partial charge in [-0.2, -0.15) is 5.10 Å². The van der Waals surface area contributed by atoms with Crippen molar-refractivity contribution in [2.75, 3.05) is 5.75 Å². The van der Waals surface area contributed by atoms with Gasteiger partial charge in [-0.1, -0.05) is 11.8 Å². The average Bonchev–Trinajstić information content (AvgIpc) is 3.28. The van der Waals surface area contributed by atoms with E-state index in [-0.39, 0.29) is 34.9 Å². The first kappa shape index (κ1) is 16.7. The number of rotatable bonds is 2. The van der Waals surface area contributed by atoms with Crippen LogP contribution in [0.2, 0.25) is 0 Å². The lowest BCUT2D eigenvalue weighted by molar-refractivity contribution is -0.143. The van der Waals surface area contributed by atoms with Crippen LogP contribution in [0.1, 0.15) is 42.8 Å². The summed E-state index contributed by atoms with van der Waals surface area (Å²) < 4.78 is 1.89. The lowest BCUT2D eigenvalue weighted by Gasteiger charge is -2.38. The number of aromatic nitrogens is 3. The molecule has 27 heavy (non-hydrogen) atoms. The third kappa shape index (κ3) is 2.33. The van der Waals surface area contributed by atoms with Crippen molar-refractivity contribution in [3.63, 3.8) is 0 Å². The number of thioether (sulfide) groups is 1. The Morgan fingerprint density at radius 2 is 2.15 bits per heavy atom. The number of hydrogen-bond donors (Lipinski definition) is 0. The molecule has 3 aliphatic heterocycles. The van der Waals surface area contributed by atoms with E-state index in [0.717, 1.165) is 52.1 Å². The summed E-state index contributed by atoms with van der Waals surface area (Å²) in [7, 11) is 0. The second-order valence-corrected chi connectivity index (χ2v) is 8.33. The fourth-order valence-electron chi connectivity index (χ4n) is 4.60. The van der Waals surface area contributed by atoms with Gasteiger partial charge in [0, 0.05) is 30.3 Å². The number of imide groups is 1. The molecular formula is C18H19N5O3S. The Balaban J connectivity index is 1.51. The van der Waals surface area contributed by atoms with E-state index in [1.807, 2.05) is 28.6 Å². The highest BCUT2D eigenvalue weighted by molar-refractivity contribution is 8.14. The van der Waals surface area contributed by atoms with Crippen LogP contribution in [-0.2, 0) is 16.0 Å². The fraction of sp³-hybridized carbons (Fsp3) is 0.500. The molecule has 8 nitrogen and oxygen atoms in total. The highest BCUT2D eigenvalue weighted by atomic mass is 32.2. The summed E-state index contributed by atoms with van der Waals surface area (Å²) in [4.78, 5) is 44.8. The van der Waals surface area contributed by atoms with Crippen molar-refractivity contribution in [1.29, 1.82) is 0 Å². The van der Waals surface area contributed by atoms with E-state index in [9.17, 15) is 14.4 Å². The molecule has 2 bridgehead atoms. The van der Waals surface area contributed by atoms with Gasteiger partial charge in [0.15, 0.2) is 5.65 Å². The lowest BCUT2D eigenvalue weighted by atomic mass is 9.98. The average molecular weight is 385 g/mol. The van der Waals surface area contributed by atoms with Gasteiger partial charge in [0.2, 0.25) is 11.8 Å². The van der Waals surface area contributed by atoms with Gasteiger partial charge in [-0.25, -0.2) is 9.50 Å². The van der Waals surface area contributed by atoms with E-state index in [1.165, 1.54) is 0 Å². The summed E-state index contributed by atoms with van der Waals surface area (Å²) in [6.07, 6.45) is 4.32. The normalized spacial score (nSPS) is 25.4. The van der Waals surface area contributed by atoms with E-state index < -0.39 is 6.04 Å². The fourth-order valence-corrected chi connectivity index (χ4v) is 5.39. The predicted octanol–water partition coefficient (Wildman–Crippen LogP) is 1.71. The molecule has 2 fully saturated rings. The summed E-state index contributed by atoms with van der Waals surface area (Å²) in [5.41, 5.74) is 3.87. The van der Waals surface area contributed by atoms with Crippen molar-refractivity contribution >= 4 is 34.5 Å². The van der Waals surface area contributed by atoms with Crippen molar-refractivity contribution in [2.45, 2.75) is 51.2 Å². The molecule has 0 aromatic carbocycles. The summed E-state index contributed by atoms with van der Waals surface area (Å²) in [5.74, 6) is -0.327. The first-order chi connectivity index (χ1) is 13.0. The van der Waals surface area contributed by atoms with Gasteiger partial charge in [0.1, 0.15) is 6.04 Å². The first-order valence-electron chi connectivity index (χ1n) is 9.11. The van der Waals surface area contributed by atoms with Crippen LogP contribution < -0.4 is 0 Å². The Morgan fingerprint density at radius 3 is 2.89 bits per heavy atom. The zero-order valence-corrected chi connectivity index (χ0v) is 15.9. The van der Waals surface area contributed by atoms with Crippen LogP contribution in [0.3, 0.4) is 0 Å². The third-order valence-corrected chi connectivity index (χ3v) is 6.65. The van der Waals surface area contributed by atoms with E-state index >= 15 is 0 Å². The van der Waals surface area contributed by atoms with Crippen LogP contribution in [0, 0.1) is 6.92 Å². The van der Waals surface area contributed by atoms with E-state index in [4.69, 9.17) is 0 Å². The number of nitrogens with zero attached hydrogens (tertiary/aromatic N) is 5. The maximum atomic E-state index is 13.2. The lowest BCUT2D eigenvalue weighted by Crippen LogP contribution is -2.52. The zero-order valence-electron chi connectivity index (χ0n) is 15.1. The molecule has 0 spiro atoms. The molecule has 9 heteroatoms. The SMILES string of the molecule is Cc1cc2ncc3c(n2n1)CC1CCC3N1C(=O)C(C)N1C(=O)CSC1=O. The number of carbonyl (C=O) groups excluding carboxylic acids is 3. The predicted molar refractivity (Wildman–Crippen MR) is 98.2 cm³/mol. The van der Waals surface area contributed by atoms with E-state index in [1.54, 1.807) is 6.92 Å². The minimum Gasteiger partial charge on any atom is -0.330 e. The zero-order chi connectivity index (χ0) is 18.9. The molecule has 3 unspecified atom stereocenters. The molecule has 5 rings (SSSR count). The Hall–Kier alpha value is -2.42. The molecule has 2 aromatic heterocycles. The molecule has 0 saturated carbocycles. The summed E-state index contributed by atoms with van der Waals surface area (Å²) in [5, 5.41) is 4.23. The molecular weight excluding hydrogens is 366 g/mol. The highest BCUT2D eigenvalue weighted by Gasteiger charge is 2.47. The molecule has 2 saturated heterocycles. The molecule has 140 valence electrons. The minimum absolute atomic E-state index is 0.0630. The Bertz CT molecular complexity index is 986. The Labute approximate surface area is 159 Å². The largest absolute Gasteiger partial charge is 0.330 e. The van der Waals surface area contributed by atoms with Crippen LogP contribution >= 0.6 is 11.8 Å². The monoisotopic (exact) mass is 385 g/mol. The minimum atomic E-state index is -0.770. The van der Waals surface area contributed by atoms with Crippen LogP contribution in [0.5, 0.6) is 0 Å². The molecule has 5 heterocycles. The number of fused-ring (bicyclic) bond motifs is 6. The van der Waals surface area contributed by atoms with Gasteiger partial charge < -0.3 is 4.90 Å². The van der Waals surface area contributed by atoms with Crippen LogP contribution in [0.25, 0.3) is 5.65 Å². The van der Waals surface area contributed by atoms with Crippen molar-refractivity contribution < 1.29 is 14.4 Å². The van der Waals surface area contributed by atoms with Gasteiger partial charge in [-0.05, 0) is 26.7 Å². The van der Waals surface area contributed by atoms with Crippen LogP contribution in [-0.4, -0.2) is 59.3 Å². The second-order valence-electron chi connectivity index (χ2n) is 7.41. The van der Waals surface area contributed by atoms with Crippen molar-refractivity contribution in [3.05, 3.63) is 29.2 Å². The number of amides is 3. The quantitative estimate of drug-likeness (QED) is 0.782. The summed E-state index contributed by atoms with van der Waals surface area (Å²) >= 11 is 0.960.